The number of nitrogens with zero attached hydrogens (tertiary/aromatic N) is 1. The summed E-state index contributed by atoms with van der Waals surface area (Å²) < 4.78 is 0. The largest absolute Gasteiger partial charge is 0.389 e. The summed E-state index contributed by atoms with van der Waals surface area (Å²) in [6, 6.07) is 0. The number of unbranched alkanes of at least 4 members (excludes halogenated alkanes) is 2. The minimum absolute atomic E-state index is 0.135. The molecule has 1 amide bonds. The molecule has 118 valence electrons. The molecule has 0 aromatic carbocycles. The van der Waals surface area contributed by atoms with Crippen LogP contribution in [0.3, 0.4) is 0 Å². The van der Waals surface area contributed by atoms with Gasteiger partial charge >= 0.3 is 0 Å². The molecule has 0 radical (unpaired) electrons. The average molecular weight is 284 g/mol. The highest BCUT2D eigenvalue weighted by Gasteiger charge is 2.40. The van der Waals surface area contributed by atoms with E-state index in [2.05, 4.69) is 19.2 Å². The zero-order chi connectivity index (χ0) is 15.0. The van der Waals surface area contributed by atoms with Gasteiger partial charge in [0.2, 0.25) is 5.91 Å². The molecular formula is C16H32N2O2. The van der Waals surface area contributed by atoms with Gasteiger partial charge in [-0.3, -0.25) is 4.79 Å². The first-order valence-corrected chi connectivity index (χ1v) is 8.27. The summed E-state index contributed by atoms with van der Waals surface area (Å²) in [5, 5.41) is 14.0. The van der Waals surface area contributed by atoms with Crippen LogP contribution in [0.25, 0.3) is 0 Å². The van der Waals surface area contributed by atoms with Crippen LogP contribution in [0.2, 0.25) is 0 Å². The third-order valence-corrected chi connectivity index (χ3v) is 4.52. The highest BCUT2D eigenvalue weighted by molar-refractivity contribution is 5.79. The van der Waals surface area contributed by atoms with E-state index in [-0.39, 0.29) is 11.8 Å². The van der Waals surface area contributed by atoms with Crippen LogP contribution in [0.1, 0.15) is 59.3 Å². The Morgan fingerprint density at radius 1 is 1.20 bits per heavy atom. The molecule has 2 N–H and O–H groups in total. The summed E-state index contributed by atoms with van der Waals surface area (Å²) in [5.74, 6) is -0.158. The van der Waals surface area contributed by atoms with Crippen LogP contribution >= 0.6 is 0 Å². The predicted octanol–water partition coefficient (Wildman–Crippen LogP) is 2.17. The molecule has 1 rings (SSSR count). The Balaban J connectivity index is 2.65. The quantitative estimate of drug-likeness (QED) is 0.718. The number of rotatable bonds is 8. The van der Waals surface area contributed by atoms with E-state index in [1.807, 2.05) is 11.8 Å². The van der Waals surface area contributed by atoms with Gasteiger partial charge in [0.05, 0.1) is 11.5 Å². The number of hydrogen-bond acceptors (Lipinski definition) is 3. The normalized spacial score (nSPS) is 19.6. The second-order valence-electron chi connectivity index (χ2n) is 6.11. The van der Waals surface area contributed by atoms with Crippen molar-refractivity contribution in [2.45, 2.75) is 64.9 Å². The van der Waals surface area contributed by atoms with E-state index in [1.165, 1.54) is 0 Å². The van der Waals surface area contributed by atoms with E-state index in [0.29, 0.717) is 12.8 Å². The number of nitrogens with one attached hydrogen (secondary N) is 1. The van der Waals surface area contributed by atoms with Gasteiger partial charge in [0.1, 0.15) is 0 Å². The minimum atomic E-state index is -0.820. The van der Waals surface area contributed by atoms with Gasteiger partial charge in [0, 0.05) is 13.1 Å². The van der Waals surface area contributed by atoms with Gasteiger partial charge in [-0.15, -0.1) is 0 Å². The van der Waals surface area contributed by atoms with E-state index in [4.69, 9.17) is 0 Å². The monoisotopic (exact) mass is 284 g/mol. The Kier molecular flexibility index (Phi) is 7.52. The number of amides is 1. The van der Waals surface area contributed by atoms with Gasteiger partial charge in [-0.2, -0.15) is 0 Å². The molecule has 20 heavy (non-hydrogen) atoms. The molecule has 1 aliphatic rings. The molecule has 1 fully saturated rings. The summed E-state index contributed by atoms with van der Waals surface area (Å²) in [4.78, 5) is 14.7. The molecule has 4 heteroatoms. The zero-order valence-electron chi connectivity index (χ0n) is 13.5. The lowest BCUT2D eigenvalue weighted by Crippen LogP contribution is -2.52. The molecule has 0 aromatic heterocycles. The molecule has 0 aliphatic carbocycles. The summed E-state index contributed by atoms with van der Waals surface area (Å²) >= 11 is 0. The van der Waals surface area contributed by atoms with Crippen molar-refractivity contribution in [3.63, 3.8) is 0 Å². The van der Waals surface area contributed by atoms with Gasteiger partial charge in [0.15, 0.2) is 0 Å². The van der Waals surface area contributed by atoms with Gasteiger partial charge in [0.25, 0.3) is 0 Å². The zero-order valence-corrected chi connectivity index (χ0v) is 13.5. The van der Waals surface area contributed by atoms with Crippen LogP contribution in [0.4, 0.5) is 0 Å². The van der Waals surface area contributed by atoms with E-state index in [1.54, 1.807) is 0 Å². The Morgan fingerprint density at radius 3 is 2.15 bits per heavy atom. The topological polar surface area (TPSA) is 52.6 Å². The molecule has 1 saturated heterocycles. The van der Waals surface area contributed by atoms with E-state index >= 15 is 0 Å². The lowest BCUT2D eigenvalue weighted by Gasteiger charge is -2.39. The van der Waals surface area contributed by atoms with Crippen LogP contribution in [-0.2, 0) is 4.79 Å². The first-order valence-electron chi connectivity index (χ1n) is 8.27. The van der Waals surface area contributed by atoms with Crippen molar-refractivity contribution in [2.75, 3.05) is 26.2 Å². The Morgan fingerprint density at radius 2 is 1.70 bits per heavy atom. The molecule has 1 aliphatic heterocycles. The number of carbonyl (C=O) groups is 1. The van der Waals surface area contributed by atoms with E-state index in [0.717, 1.165) is 51.9 Å². The second-order valence-corrected chi connectivity index (χ2v) is 6.11. The molecular weight excluding hydrogens is 252 g/mol. The summed E-state index contributed by atoms with van der Waals surface area (Å²) in [6.45, 7) is 9.45. The molecule has 4 nitrogen and oxygen atoms in total. The first-order chi connectivity index (χ1) is 9.55. The van der Waals surface area contributed by atoms with Crippen molar-refractivity contribution in [3.05, 3.63) is 0 Å². The summed E-state index contributed by atoms with van der Waals surface area (Å²) in [5.41, 5.74) is -0.820. The van der Waals surface area contributed by atoms with Crippen LogP contribution in [-0.4, -0.2) is 47.7 Å². The SMILES string of the molecule is CCCCN(CCCC)C(=O)C(C)C1(O)CCNCC1. The molecule has 0 aromatic rings. The maximum absolute atomic E-state index is 12.7. The van der Waals surface area contributed by atoms with Gasteiger partial charge in [-0.25, -0.2) is 0 Å². The fraction of sp³-hybridized carbons (Fsp3) is 0.938. The van der Waals surface area contributed by atoms with E-state index < -0.39 is 5.60 Å². The summed E-state index contributed by atoms with van der Waals surface area (Å²) in [6.07, 6.45) is 5.63. The second kappa shape index (κ2) is 8.63. The predicted molar refractivity (Wildman–Crippen MR) is 82.6 cm³/mol. The fourth-order valence-corrected chi connectivity index (χ4v) is 2.83. The fourth-order valence-electron chi connectivity index (χ4n) is 2.83. The standard InChI is InChI=1S/C16H32N2O2/c1-4-6-12-18(13-7-5-2)15(19)14(3)16(20)8-10-17-11-9-16/h14,17,20H,4-13H2,1-3H3. The third-order valence-electron chi connectivity index (χ3n) is 4.52. The summed E-state index contributed by atoms with van der Waals surface area (Å²) in [7, 11) is 0. The lowest BCUT2D eigenvalue weighted by atomic mass is 9.80. The molecule has 1 heterocycles. The molecule has 1 unspecified atom stereocenters. The average Bonchev–Trinajstić information content (AvgIpc) is 2.47. The van der Waals surface area contributed by atoms with Crippen molar-refractivity contribution >= 4 is 5.91 Å². The Labute approximate surface area is 123 Å². The number of piperidine rings is 1. The van der Waals surface area contributed by atoms with Gasteiger partial charge < -0.3 is 15.3 Å². The van der Waals surface area contributed by atoms with Crippen molar-refractivity contribution < 1.29 is 9.90 Å². The maximum atomic E-state index is 12.7. The number of carbonyl (C=O) groups excluding carboxylic acids is 1. The van der Waals surface area contributed by atoms with E-state index in [9.17, 15) is 9.90 Å². The lowest BCUT2D eigenvalue weighted by molar-refractivity contribution is -0.146. The highest BCUT2D eigenvalue weighted by atomic mass is 16.3. The van der Waals surface area contributed by atoms with Crippen molar-refractivity contribution in [1.29, 1.82) is 0 Å². The van der Waals surface area contributed by atoms with Crippen LogP contribution in [0.15, 0.2) is 0 Å². The van der Waals surface area contributed by atoms with Crippen molar-refractivity contribution in [1.82, 2.24) is 10.2 Å². The third kappa shape index (κ3) is 4.74. The molecule has 0 spiro atoms. The highest BCUT2D eigenvalue weighted by Crippen LogP contribution is 2.28. The molecule has 1 atom stereocenters. The van der Waals surface area contributed by atoms with Gasteiger partial charge in [-0.1, -0.05) is 33.6 Å². The van der Waals surface area contributed by atoms with Crippen LogP contribution in [0.5, 0.6) is 0 Å². The van der Waals surface area contributed by atoms with Crippen molar-refractivity contribution in [2.24, 2.45) is 5.92 Å². The smallest absolute Gasteiger partial charge is 0.228 e. The first kappa shape index (κ1) is 17.4. The Bertz CT molecular complexity index is 280. The number of hydrogen-bond donors (Lipinski definition) is 2. The minimum Gasteiger partial charge on any atom is -0.389 e. The number of aliphatic hydroxyl groups is 1. The molecule has 0 saturated carbocycles. The van der Waals surface area contributed by atoms with Crippen molar-refractivity contribution in [3.8, 4) is 0 Å². The Hall–Kier alpha value is -0.610. The van der Waals surface area contributed by atoms with Crippen LogP contribution < -0.4 is 5.32 Å². The van der Waals surface area contributed by atoms with Gasteiger partial charge in [-0.05, 0) is 38.8 Å². The molecule has 0 bridgehead atoms. The van der Waals surface area contributed by atoms with Crippen LogP contribution in [0, 0.1) is 5.92 Å². The maximum Gasteiger partial charge on any atom is 0.228 e.